The van der Waals surface area contributed by atoms with Crippen molar-refractivity contribution in [2.45, 2.75) is 19.9 Å². The molecule has 1 heterocycles. The maximum absolute atomic E-state index is 11.6. The van der Waals surface area contributed by atoms with Gasteiger partial charge in [0, 0.05) is 25.5 Å². The standard InChI is InChI=1S/C12H21N5O2/c1-2-4-14-12(19)10-16(9-11(13)18)7-8-17-6-3-5-15-17/h3,5-6H,2,4,7-10H2,1H3,(H2,13,18)(H,14,19). The molecule has 7 nitrogen and oxygen atoms in total. The van der Waals surface area contributed by atoms with Crippen LogP contribution in [0.5, 0.6) is 0 Å². The quantitative estimate of drug-likeness (QED) is 0.612. The number of nitrogens with one attached hydrogen (secondary N) is 1. The number of carbonyl (C=O) groups excluding carboxylic acids is 2. The van der Waals surface area contributed by atoms with Gasteiger partial charge in [0.25, 0.3) is 0 Å². The number of carbonyl (C=O) groups is 2. The first kappa shape index (κ1) is 15.2. The molecule has 0 saturated heterocycles. The van der Waals surface area contributed by atoms with E-state index in [4.69, 9.17) is 5.73 Å². The largest absolute Gasteiger partial charge is 0.369 e. The number of nitrogens with zero attached hydrogens (tertiary/aromatic N) is 3. The Morgan fingerprint density at radius 1 is 1.42 bits per heavy atom. The van der Waals surface area contributed by atoms with E-state index in [2.05, 4.69) is 10.4 Å². The SMILES string of the molecule is CCCNC(=O)CN(CCn1cccn1)CC(N)=O. The van der Waals surface area contributed by atoms with Gasteiger partial charge >= 0.3 is 0 Å². The lowest BCUT2D eigenvalue weighted by Gasteiger charge is -2.20. The van der Waals surface area contributed by atoms with Gasteiger partial charge in [-0.05, 0) is 12.5 Å². The molecule has 0 aliphatic rings. The van der Waals surface area contributed by atoms with Crippen molar-refractivity contribution in [2.75, 3.05) is 26.2 Å². The Labute approximate surface area is 112 Å². The summed E-state index contributed by atoms with van der Waals surface area (Å²) >= 11 is 0. The fraction of sp³-hybridized carbons (Fsp3) is 0.583. The average molecular weight is 267 g/mol. The smallest absolute Gasteiger partial charge is 0.234 e. The van der Waals surface area contributed by atoms with Crippen molar-refractivity contribution in [2.24, 2.45) is 5.73 Å². The Balaban J connectivity index is 2.41. The molecule has 0 aromatic carbocycles. The third-order valence-electron chi connectivity index (χ3n) is 2.52. The van der Waals surface area contributed by atoms with Gasteiger partial charge in [0.1, 0.15) is 0 Å². The highest BCUT2D eigenvalue weighted by Gasteiger charge is 2.12. The third kappa shape index (κ3) is 6.56. The molecule has 3 N–H and O–H groups in total. The van der Waals surface area contributed by atoms with Crippen LogP contribution < -0.4 is 11.1 Å². The lowest BCUT2D eigenvalue weighted by Crippen LogP contribution is -2.43. The number of amides is 2. The van der Waals surface area contributed by atoms with Crippen molar-refractivity contribution in [3.8, 4) is 0 Å². The maximum atomic E-state index is 11.6. The van der Waals surface area contributed by atoms with Gasteiger partial charge < -0.3 is 11.1 Å². The highest BCUT2D eigenvalue weighted by atomic mass is 16.2. The summed E-state index contributed by atoms with van der Waals surface area (Å²) in [4.78, 5) is 24.3. The first-order valence-electron chi connectivity index (χ1n) is 6.36. The molecule has 1 aromatic heterocycles. The summed E-state index contributed by atoms with van der Waals surface area (Å²) in [5.74, 6) is -0.535. The van der Waals surface area contributed by atoms with Crippen LogP contribution in [0.15, 0.2) is 18.5 Å². The number of rotatable bonds is 9. The lowest BCUT2D eigenvalue weighted by molar-refractivity contribution is -0.123. The molecule has 19 heavy (non-hydrogen) atoms. The van der Waals surface area contributed by atoms with Gasteiger partial charge in [0.15, 0.2) is 0 Å². The summed E-state index contributed by atoms with van der Waals surface area (Å²) in [5.41, 5.74) is 5.18. The molecule has 0 fully saturated rings. The van der Waals surface area contributed by atoms with E-state index in [0.717, 1.165) is 6.42 Å². The molecule has 0 saturated carbocycles. The van der Waals surface area contributed by atoms with Gasteiger partial charge in [-0.15, -0.1) is 0 Å². The van der Waals surface area contributed by atoms with Crippen LogP contribution in [0, 0.1) is 0 Å². The highest BCUT2D eigenvalue weighted by molar-refractivity contribution is 5.80. The summed E-state index contributed by atoms with van der Waals surface area (Å²) in [5, 5.41) is 6.84. The molecule has 1 aromatic rings. The second-order valence-corrected chi connectivity index (χ2v) is 4.30. The second-order valence-electron chi connectivity index (χ2n) is 4.30. The molecule has 1 rings (SSSR count). The third-order valence-corrected chi connectivity index (χ3v) is 2.52. The van der Waals surface area contributed by atoms with Crippen LogP contribution in [0.1, 0.15) is 13.3 Å². The molecule has 0 spiro atoms. The molecular weight excluding hydrogens is 246 g/mol. The first-order valence-corrected chi connectivity index (χ1v) is 6.36. The fourth-order valence-corrected chi connectivity index (χ4v) is 1.63. The molecule has 0 atom stereocenters. The van der Waals surface area contributed by atoms with Crippen LogP contribution in [0.25, 0.3) is 0 Å². The zero-order valence-corrected chi connectivity index (χ0v) is 11.2. The predicted molar refractivity (Wildman–Crippen MR) is 71.2 cm³/mol. The van der Waals surface area contributed by atoms with E-state index in [9.17, 15) is 9.59 Å². The van der Waals surface area contributed by atoms with Crippen molar-refractivity contribution >= 4 is 11.8 Å². The number of aromatic nitrogens is 2. The Bertz CT molecular complexity index is 391. The molecule has 0 radical (unpaired) electrons. The molecule has 0 aliphatic carbocycles. The summed E-state index contributed by atoms with van der Waals surface area (Å²) in [6.45, 7) is 4.03. The van der Waals surface area contributed by atoms with Crippen LogP contribution in [0.4, 0.5) is 0 Å². The van der Waals surface area contributed by atoms with E-state index in [1.807, 2.05) is 19.2 Å². The molecule has 0 bridgehead atoms. The van der Waals surface area contributed by atoms with E-state index in [0.29, 0.717) is 19.6 Å². The van der Waals surface area contributed by atoms with Crippen LogP contribution in [0.3, 0.4) is 0 Å². The van der Waals surface area contributed by atoms with Crippen molar-refractivity contribution in [3.05, 3.63) is 18.5 Å². The van der Waals surface area contributed by atoms with Crippen LogP contribution in [-0.2, 0) is 16.1 Å². The number of primary amides is 1. The molecule has 106 valence electrons. The summed E-state index contributed by atoms with van der Waals surface area (Å²) in [6, 6.07) is 1.83. The van der Waals surface area contributed by atoms with E-state index in [1.165, 1.54) is 0 Å². The molecule has 7 heteroatoms. The predicted octanol–water partition coefficient (Wildman–Crippen LogP) is -0.803. The van der Waals surface area contributed by atoms with E-state index < -0.39 is 5.91 Å². The summed E-state index contributed by atoms with van der Waals surface area (Å²) in [6.07, 6.45) is 4.40. The minimum absolute atomic E-state index is 0.0703. The van der Waals surface area contributed by atoms with Crippen molar-refractivity contribution < 1.29 is 9.59 Å². The van der Waals surface area contributed by atoms with Crippen LogP contribution in [-0.4, -0.2) is 52.7 Å². The second kappa shape index (κ2) is 8.25. The normalized spacial score (nSPS) is 10.6. The Morgan fingerprint density at radius 2 is 2.21 bits per heavy atom. The minimum Gasteiger partial charge on any atom is -0.369 e. The Hall–Kier alpha value is -1.89. The van der Waals surface area contributed by atoms with Crippen molar-refractivity contribution in [1.29, 1.82) is 0 Å². The lowest BCUT2D eigenvalue weighted by atomic mass is 10.4. The summed E-state index contributed by atoms with van der Waals surface area (Å²) in [7, 11) is 0. The topological polar surface area (TPSA) is 93.2 Å². The molecule has 2 amide bonds. The van der Waals surface area contributed by atoms with Gasteiger partial charge in [-0.25, -0.2) is 0 Å². The van der Waals surface area contributed by atoms with E-state index in [1.54, 1.807) is 15.8 Å². The number of hydrogen-bond donors (Lipinski definition) is 2. The molecular formula is C12H21N5O2. The van der Waals surface area contributed by atoms with Gasteiger partial charge in [-0.3, -0.25) is 19.2 Å². The highest BCUT2D eigenvalue weighted by Crippen LogP contribution is 1.92. The first-order chi connectivity index (χ1) is 9.11. The van der Waals surface area contributed by atoms with Gasteiger partial charge in [-0.2, -0.15) is 5.10 Å². The summed E-state index contributed by atoms with van der Waals surface area (Å²) < 4.78 is 1.75. The number of hydrogen-bond acceptors (Lipinski definition) is 4. The van der Waals surface area contributed by atoms with Crippen LogP contribution in [0.2, 0.25) is 0 Å². The average Bonchev–Trinajstić information content (AvgIpc) is 2.86. The Morgan fingerprint density at radius 3 is 2.79 bits per heavy atom. The zero-order valence-electron chi connectivity index (χ0n) is 11.2. The van der Waals surface area contributed by atoms with E-state index in [-0.39, 0.29) is 19.0 Å². The monoisotopic (exact) mass is 267 g/mol. The Kier molecular flexibility index (Phi) is 6.59. The van der Waals surface area contributed by atoms with Gasteiger partial charge in [-0.1, -0.05) is 6.92 Å². The zero-order chi connectivity index (χ0) is 14.1. The number of nitrogens with two attached hydrogens (primary N) is 1. The van der Waals surface area contributed by atoms with E-state index >= 15 is 0 Å². The molecule has 0 aliphatic heterocycles. The van der Waals surface area contributed by atoms with Crippen molar-refractivity contribution in [1.82, 2.24) is 20.0 Å². The maximum Gasteiger partial charge on any atom is 0.234 e. The minimum atomic E-state index is -0.441. The van der Waals surface area contributed by atoms with Crippen molar-refractivity contribution in [3.63, 3.8) is 0 Å². The van der Waals surface area contributed by atoms with Gasteiger partial charge in [0.2, 0.25) is 11.8 Å². The van der Waals surface area contributed by atoms with Gasteiger partial charge in [0.05, 0.1) is 19.6 Å². The fourth-order valence-electron chi connectivity index (χ4n) is 1.63. The molecule has 0 unspecified atom stereocenters. The van der Waals surface area contributed by atoms with Crippen LogP contribution >= 0.6 is 0 Å².